The summed E-state index contributed by atoms with van der Waals surface area (Å²) in [6.45, 7) is 11.5. The molecule has 0 spiro atoms. The van der Waals surface area contributed by atoms with Crippen molar-refractivity contribution in [1.29, 1.82) is 0 Å². The van der Waals surface area contributed by atoms with E-state index in [4.69, 9.17) is 9.90 Å². The Bertz CT molecular complexity index is 107. The number of aliphatic carboxylic acids is 1. The van der Waals surface area contributed by atoms with Crippen LogP contribution in [0.3, 0.4) is 0 Å². The molecule has 12 heavy (non-hydrogen) atoms. The van der Waals surface area contributed by atoms with E-state index in [-0.39, 0.29) is 0 Å². The largest absolute Gasteiger partial charge is 0.550 e. The Hall–Kier alpha value is -0.570. The lowest BCUT2D eigenvalue weighted by atomic mass is 10.4. The van der Waals surface area contributed by atoms with Crippen LogP contribution in [-0.4, -0.2) is 37.1 Å². The summed E-state index contributed by atoms with van der Waals surface area (Å²) in [4.78, 5) is 8.89. The summed E-state index contributed by atoms with van der Waals surface area (Å²) in [6, 6.07) is 0. The number of quaternary nitrogens is 1. The highest BCUT2D eigenvalue weighted by Gasteiger charge is 2.10. The van der Waals surface area contributed by atoms with Crippen LogP contribution in [0.4, 0.5) is 0 Å². The standard InChI is InChI=1S/C7H18N.C2H4O2/c1-5-8(4,6-2)7-3;1-2(3)4/h5-7H2,1-4H3;1H3,(H,3,4)/q+1;/p-1. The maximum Gasteiger partial charge on any atom is 0.0755 e. The second-order valence-corrected chi connectivity index (χ2v) is 3.06. The van der Waals surface area contributed by atoms with E-state index in [0.29, 0.717) is 0 Å². The summed E-state index contributed by atoms with van der Waals surface area (Å²) >= 11 is 0. The van der Waals surface area contributed by atoms with E-state index in [2.05, 4.69) is 27.8 Å². The van der Waals surface area contributed by atoms with E-state index in [1.165, 1.54) is 24.1 Å². The molecule has 0 fully saturated rings. The van der Waals surface area contributed by atoms with Gasteiger partial charge in [0, 0.05) is 5.97 Å². The molecule has 0 N–H and O–H groups in total. The van der Waals surface area contributed by atoms with Crippen LogP contribution in [0.2, 0.25) is 0 Å². The highest BCUT2D eigenvalue weighted by molar-refractivity contribution is 5.60. The molecule has 0 bridgehead atoms. The van der Waals surface area contributed by atoms with Crippen LogP contribution in [-0.2, 0) is 4.79 Å². The van der Waals surface area contributed by atoms with Crippen LogP contribution < -0.4 is 5.11 Å². The van der Waals surface area contributed by atoms with Crippen molar-refractivity contribution in [2.75, 3.05) is 26.7 Å². The van der Waals surface area contributed by atoms with Crippen molar-refractivity contribution < 1.29 is 14.4 Å². The van der Waals surface area contributed by atoms with E-state index < -0.39 is 5.97 Å². The summed E-state index contributed by atoms with van der Waals surface area (Å²) in [7, 11) is 2.29. The second kappa shape index (κ2) is 7.10. The van der Waals surface area contributed by atoms with Gasteiger partial charge in [0.05, 0.1) is 26.7 Å². The van der Waals surface area contributed by atoms with Crippen LogP contribution in [0.5, 0.6) is 0 Å². The Balaban J connectivity index is 0. The molecule has 0 radical (unpaired) electrons. The van der Waals surface area contributed by atoms with Crippen LogP contribution in [0, 0.1) is 0 Å². The summed E-state index contributed by atoms with van der Waals surface area (Å²) in [5, 5.41) is 8.89. The zero-order valence-electron chi connectivity index (χ0n) is 8.89. The van der Waals surface area contributed by atoms with Gasteiger partial charge in [0.2, 0.25) is 0 Å². The molecule has 0 amide bonds. The topological polar surface area (TPSA) is 40.1 Å². The van der Waals surface area contributed by atoms with Gasteiger partial charge >= 0.3 is 0 Å². The molecular formula is C9H21NO2. The van der Waals surface area contributed by atoms with Crippen molar-refractivity contribution in [2.24, 2.45) is 0 Å². The number of carbonyl (C=O) groups excluding carboxylic acids is 1. The Labute approximate surface area is 75.6 Å². The van der Waals surface area contributed by atoms with Gasteiger partial charge in [0.1, 0.15) is 0 Å². The third-order valence-corrected chi connectivity index (χ3v) is 2.29. The van der Waals surface area contributed by atoms with Gasteiger partial charge in [-0.15, -0.1) is 0 Å². The second-order valence-electron chi connectivity index (χ2n) is 3.06. The lowest BCUT2D eigenvalue weighted by Crippen LogP contribution is -2.42. The van der Waals surface area contributed by atoms with E-state index >= 15 is 0 Å². The number of nitrogens with zero attached hydrogens (tertiary/aromatic N) is 1. The molecule has 0 aromatic carbocycles. The zero-order valence-corrected chi connectivity index (χ0v) is 8.89. The fourth-order valence-corrected chi connectivity index (χ4v) is 0.671. The number of carboxylic acid groups (broad SMARTS) is 1. The maximum atomic E-state index is 8.89. The monoisotopic (exact) mass is 175 g/mol. The Morgan fingerprint density at radius 2 is 1.33 bits per heavy atom. The fourth-order valence-electron chi connectivity index (χ4n) is 0.671. The number of carboxylic acids is 1. The first-order valence-electron chi connectivity index (χ1n) is 4.43. The van der Waals surface area contributed by atoms with Crippen LogP contribution in [0.15, 0.2) is 0 Å². The average Bonchev–Trinajstić information content (AvgIpc) is 2.02. The average molecular weight is 175 g/mol. The summed E-state index contributed by atoms with van der Waals surface area (Å²) in [6.07, 6.45) is 0. The minimum Gasteiger partial charge on any atom is -0.550 e. The van der Waals surface area contributed by atoms with Gasteiger partial charge < -0.3 is 14.4 Å². The number of rotatable bonds is 3. The molecule has 0 aliphatic heterocycles. The third kappa shape index (κ3) is 9.43. The van der Waals surface area contributed by atoms with Gasteiger partial charge in [-0.3, -0.25) is 0 Å². The summed E-state index contributed by atoms with van der Waals surface area (Å²) < 4.78 is 1.21. The van der Waals surface area contributed by atoms with Crippen LogP contribution >= 0.6 is 0 Å². The molecule has 3 heteroatoms. The molecule has 0 atom stereocenters. The fraction of sp³-hybridized carbons (Fsp3) is 0.889. The first kappa shape index (κ1) is 14.0. The molecular weight excluding hydrogens is 154 g/mol. The van der Waals surface area contributed by atoms with E-state index in [1.807, 2.05) is 0 Å². The Kier molecular flexibility index (Phi) is 8.27. The van der Waals surface area contributed by atoms with Crippen LogP contribution in [0.25, 0.3) is 0 Å². The molecule has 0 saturated heterocycles. The van der Waals surface area contributed by atoms with Crippen molar-refractivity contribution in [3.05, 3.63) is 0 Å². The van der Waals surface area contributed by atoms with Crippen molar-refractivity contribution >= 4 is 5.97 Å². The highest BCUT2D eigenvalue weighted by Crippen LogP contribution is 1.97. The van der Waals surface area contributed by atoms with Gasteiger partial charge in [0.25, 0.3) is 0 Å². The molecule has 0 aromatic heterocycles. The van der Waals surface area contributed by atoms with Gasteiger partial charge in [0.15, 0.2) is 0 Å². The normalized spacial score (nSPS) is 10.1. The molecule has 0 saturated carbocycles. The van der Waals surface area contributed by atoms with Crippen molar-refractivity contribution in [1.82, 2.24) is 0 Å². The molecule has 74 valence electrons. The lowest BCUT2D eigenvalue weighted by Gasteiger charge is -2.30. The van der Waals surface area contributed by atoms with Crippen molar-refractivity contribution in [3.63, 3.8) is 0 Å². The van der Waals surface area contributed by atoms with Crippen molar-refractivity contribution in [2.45, 2.75) is 27.7 Å². The molecule has 3 nitrogen and oxygen atoms in total. The van der Waals surface area contributed by atoms with Gasteiger partial charge in [-0.2, -0.15) is 0 Å². The molecule has 0 heterocycles. The molecule has 0 rings (SSSR count). The predicted octanol–water partition coefficient (Wildman–Crippen LogP) is 0.249. The quantitative estimate of drug-likeness (QED) is 0.577. The van der Waals surface area contributed by atoms with E-state index in [9.17, 15) is 0 Å². The number of carbonyl (C=O) groups is 1. The van der Waals surface area contributed by atoms with Crippen LogP contribution in [0.1, 0.15) is 27.7 Å². The first-order valence-corrected chi connectivity index (χ1v) is 4.43. The summed E-state index contributed by atoms with van der Waals surface area (Å²) in [5.74, 6) is -1.08. The number of hydrogen-bond acceptors (Lipinski definition) is 2. The zero-order chi connectivity index (χ0) is 10.2. The van der Waals surface area contributed by atoms with Gasteiger partial charge in [-0.1, -0.05) is 0 Å². The summed E-state index contributed by atoms with van der Waals surface area (Å²) in [5.41, 5.74) is 0. The maximum absolute atomic E-state index is 8.89. The van der Waals surface area contributed by atoms with E-state index in [0.717, 1.165) is 6.92 Å². The Morgan fingerprint density at radius 3 is 1.33 bits per heavy atom. The molecule has 0 aliphatic carbocycles. The van der Waals surface area contributed by atoms with Crippen molar-refractivity contribution in [3.8, 4) is 0 Å². The minimum absolute atomic E-state index is 0.972. The molecule has 0 aliphatic rings. The highest BCUT2D eigenvalue weighted by atomic mass is 16.4. The number of hydrogen-bond donors (Lipinski definition) is 0. The van der Waals surface area contributed by atoms with E-state index in [1.54, 1.807) is 0 Å². The molecule has 0 aromatic rings. The SMILES string of the molecule is CC(=O)[O-].CC[N+](C)(CC)CC. The molecule has 0 unspecified atom stereocenters. The third-order valence-electron chi connectivity index (χ3n) is 2.29. The lowest BCUT2D eigenvalue weighted by molar-refractivity contribution is -0.904. The smallest absolute Gasteiger partial charge is 0.0755 e. The predicted molar refractivity (Wildman–Crippen MR) is 48.5 cm³/mol. The Morgan fingerprint density at radius 1 is 1.17 bits per heavy atom. The minimum atomic E-state index is -1.08. The van der Waals surface area contributed by atoms with Gasteiger partial charge in [-0.25, -0.2) is 0 Å². The van der Waals surface area contributed by atoms with Gasteiger partial charge in [-0.05, 0) is 27.7 Å². The first-order chi connectivity index (χ1) is 5.41.